The molecule has 3 rings (SSSR count). The van der Waals surface area contributed by atoms with E-state index >= 15 is 0 Å². The van der Waals surface area contributed by atoms with Gasteiger partial charge in [0, 0.05) is 18.0 Å². The first kappa shape index (κ1) is 25.0. The zero-order valence-electron chi connectivity index (χ0n) is 18.7. The molecule has 1 amide bonds. The lowest BCUT2D eigenvalue weighted by atomic mass is 9.90. The molecule has 0 spiro atoms. The lowest BCUT2D eigenvalue weighted by molar-refractivity contribution is -0.140. The SMILES string of the molecule is COc1ccc(-c2ccc(S(=O)(=O)N[C@@H](C(=O)O)C3CCN(C(=O)OC(C)C)CC3)s2)cc1. The molecule has 9 nitrogen and oxygen atoms in total. The Balaban J connectivity index is 1.69. The molecule has 0 bridgehead atoms. The number of carbonyl (C=O) groups is 2. The van der Waals surface area contributed by atoms with Crippen LogP contribution in [0.15, 0.2) is 40.6 Å². The summed E-state index contributed by atoms with van der Waals surface area (Å²) >= 11 is 1.06. The van der Waals surface area contributed by atoms with Gasteiger partial charge in [0.25, 0.3) is 10.0 Å². The maximum Gasteiger partial charge on any atom is 0.410 e. The summed E-state index contributed by atoms with van der Waals surface area (Å²) in [7, 11) is -2.48. The summed E-state index contributed by atoms with van der Waals surface area (Å²) in [5.74, 6) is -0.993. The summed E-state index contributed by atoms with van der Waals surface area (Å²) in [5, 5.41) is 9.72. The third-order valence-electron chi connectivity index (χ3n) is 5.37. The van der Waals surface area contributed by atoms with Crippen LogP contribution in [-0.2, 0) is 19.6 Å². The zero-order chi connectivity index (χ0) is 24.2. The second-order valence-electron chi connectivity index (χ2n) is 8.04. The summed E-state index contributed by atoms with van der Waals surface area (Å²) in [6.07, 6.45) is 0.0190. The van der Waals surface area contributed by atoms with Gasteiger partial charge in [-0.25, -0.2) is 13.2 Å². The Morgan fingerprint density at radius 1 is 1.12 bits per heavy atom. The predicted molar refractivity (Wildman–Crippen MR) is 124 cm³/mol. The highest BCUT2D eigenvalue weighted by Crippen LogP contribution is 2.32. The van der Waals surface area contributed by atoms with Gasteiger partial charge >= 0.3 is 12.1 Å². The maximum absolute atomic E-state index is 13.0. The topological polar surface area (TPSA) is 122 Å². The molecule has 0 aliphatic carbocycles. The summed E-state index contributed by atoms with van der Waals surface area (Å²) in [6.45, 7) is 4.12. The Morgan fingerprint density at radius 3 is 2.30 bits per heavy atom. The first-order valence-corrected chi connectivity index (χ1v) is 12.9. The van der Waals surface area contributed by atoms with Crippen molar-refractivity contribution in [2.75, 3.05) is 20.2 Å². The lowest BCUT2D eigenvalue weighted by Crippen LogP contribution is -2.50. The first-order valence-electron chi connectivity index (χ1n) is 10.6. The minimum atomic E-state index is -4.04. The van der Waals surface area contributed by atoms with Crippen molar-refractivity contribution in [3.63, 3.8) is 0 Å². The van der Waals surface area contributed by atoms with Crippen molar-refractivity contribution in [1.82, 2.24) is 9.62 Å². The summed E-state index contributed by atoms with van der Waals surface area (Å²) in [6, 6.07) is 9.09. The van der Waals surface area contributed by atoms with E-state index in [1.54, 1.807) is 39.2 Å². The van der Waals surface area contributed by atoms with Gasteiger partial charge in [0.1, 0.15) is 16.0 Å². The van der Waals surface area contributed by atoms with Crippen molar-refractivity contribution in [2.45, 2.75) is 43.0 Å². The summed E-state index contributed by atoms with van der Waals surface area (Å²) in [4.78, 5) is 26.2. The molecule has 11 heteroatoms. The number of likely N-dealkylation sites (tertiary alicyclic amines) is 1. The van der Waals surface area contributed by atoms with E-state index in [1.807, 2.05) is 12.1 Å². The number of ether oxygens (including phenoxy) is 2. The van der Waals surface area contributed by atoms with Crippen molar-refractivity contribution >= 4 is 33.4 Å². The van der Waals surface area contributed by atoms with Gasteiger partial charge in [-0.2, -0.15) is 4.72 Å². The Morgan fingerprint density at radius 2 is 1.76 bits per heavy atom. The number of hydrogen-bond acceptors (Lipinski definition) is 7. The lowest BCUT2D eigenvalue weighted by Gasteiger charge is -2.34. The fraction of sp³-hybridized carbons (Fsp3) is 0.455. The number of carboxylic acid groups (broad SMARTS) is 1. The van der Waals surface area contributed by atoms with Crippen LogP contribution < -0.4 is 9.46 Å². The molecule has 1 aliphatic rings. The molecule has 180 valence electrons. The van der Waals surface area contributed by atoms with Gasteiger partial charge in [-0.1, -0.05) is 0 Å². The number of hydrogen-bond donors (Lipinski definition) is 2. The molecule has 33 heavy (non-hydrogen) atoms. The van der Waals surface area contributed by atoms with Crippen LogP contribution >= 0.6 is 11.3 Å². The van der Waals surface area contributed by atoms with Crippen molar-refractivity contribution in [3.8, 4) is 16.2 Å². The number of nitrogens with one attached hydrogen (secondary N) is 1. The zero-order valence-corrected chi connectivity index (χ0v) is 20.3. The van der Waals surface area contributed by atoms with Crippen molar-refractivity contribution in [2.24, 2.45) is 5.92 Å². The molecule has 1 aromatic heterocycles. The van der Waals surface area contributed by atoms with Crippen LogP contribution in [0, 0.1) is 5.92 Å². The van der Waals surface area contributed by atoms with Gasteiger partial charge in [-0.3, -0.25) is 4.79 Å². The number of thiophene rings is 1. The first-order chi connectivity index (χ1) is 15.6. The van der Waals surface area contributed by atoms with Crippen LogP contribution in [0.2, 0.25) is 0 Å². The Labute approximate surface area is 197 Å². The van der Waals surface area contributed by atoms with Gasteiger partial charge in [0.2, 0.25) is 0 Å². The Hall–Kier alpha value is -2.63. The van der Waals surface area contributed by atoms with Crippen LogP contribution in [0.1, 0.15) is 26.7 Å². The number of sulfonamides is 1. The van der Waals surface area contributed by atoms with E-state index in [0.29, 0.717) is 31.7 Å². The molecular weight excluding hydrogens is 468 g/mol. The molecule has 1 aromatic carbocycles. The molecular formula is C22H28N2O7S2. The number of carboxylic acids is 1. The van der Waals surface area contributed by atoms with E-state index in [2.05, 4.69) is 4.72 Å². The standard InChI is InChI=1S/C22H28N2O7S2/c1-14(2)31-22(27)24-12-10-16(11-13-24)20(21(25)26)23-33(28,29)19-9-8-18(32-19)15-4-6-17(30-3)7-5-15/h4-9,14,16,20,23H,10-13H2,1-3H3,(H,25,26)/t20-/m1/s1. The van der Waals surface area contributed by atoms with E-state index in [1.165, 1.54) is 11.0 Å². The number of rotatable bonds is 8. The number of piperidine rings is 1. The number of methoxy groups -OCH3 is 1. The number of amides is 1. The fourth-order valence-electron chi connectivity index (χ4n) is 3.64. The molecule has 0 radical (unpaired) electrons. The smallest absolute Gasteiger partial charge is 0.410 e. The van der Waals surface area contributed by atoms with E-state index in [0.717, 1.165) is 21.8 Å². The van der Waals surface area contributed by atoms with Gasteiger partial charge < -0.3 is 19.5 Å². The average molecular weight is 497 g/mol. The number of benzene rings is 1. The largest absolute Gasteiger partial charge is 0.497 e. The van der Waals surface area contributed by atoms with Crippen LogP contribution in [0.4, 0.5) is 4.79 Å². The van der Waals surface area contributed by atoms with E-state index < -0.39 is 34.0 Å². The maximum atomic E-state index is 13.0. The number of aliphatic carboxylic acids is 1. The van der Waals surface area contributed by atoms with Crippen molar-refractivity contribution < 1.29 is 32.6 Å². The molecule has 2 aromatic rings. The molecule has 1 atom stereocenters. The minimum absolute atomic E-state index is 0.0394. The average Bonchev–Trinajstić information content (AvgIpc) is 3.28. The normalized spacial score (nSPS) is 15.9. The summed E-state index contributed by atoms with van der Waals surface area (Å²) in [5.41, 5.74) is 0.831. The second-order valence-corrected chi connectivity index (χ2v) is 11.1. The number of carbonyl (C=O) groups excluding carboxylic acids is 1. The molecule has 0 saturated carbocycles. The fourth-order valence-corrected chi connectivity index (χ4v) is 6.23. The Kier molecular flexibility index (Phi) is 7.98. The molecule has 1 fully saturated rings. The van der Waals surface area contributed by atoms with Gasteiger partial charge in [-0.15, -0.1) is 11.3 Å². The van der Waals surface area contributed by atoms with E-state index in [4.69, 9.17) is 9.47 Å². The minimum Gasteiger partial charge on any atom is -0.497 e. The molecule has 0 unspecified atom stereocenters. The number of nitrogens with zero attached hydrogens (tertiary/aromatic N) is 1. The van der Waals surface area contributed by atoms with Crippen molar-refractivity contribution in [3.05, 3.63) is 36.4 Å². The highest BCUT2D eigenvalue weighted by atomic mass is 32.2. The van der Waals surface area contributed by atoms with Crippen LogP contribution in [0.3, 0.4) is 0 Å². The van der Waals surface area contributed by atoms with Crippen LogP contribution in [-0.4, -0.2) is 62.8 Å². The predicted octanol–water partition coefficient (Wildman–Crippen LogP) is 3.41. The van der Waals surface area contributed by atoms with Gasteiger partial charge in [-0.05, 0) is 74.6 Å². The summed E-state index contributed by atoms with van der Waals surface area (Å²) < 4.78 is 38.6. The van der Waals surface area contributed by atoms with Crippen molar-refractivity contribution in [1.29, 1.82) is 0 Å². The van der Waals surface area contributed by atoms with Crippen LogP contribution in [0.25, 0.3) is 10.4 Å². The highest BCUT2D eigenvalue weighted by molar-refractivity contribution is 7.91. The highest BCUT2D eigenvalue weighted by Gasteiger charge is 2.36. The monoisotopic (exact) mass is 496 g/mol. The Bertz CT molecular complexity index is 1070. The quantitative estimate of drug-likeness (QED) is 0.574. The third-order valence-corrected chi connectivity index (χ3v) is 8.44. The molecule has 2 N–H and O–H groups in total. The second kappa shape index (κ2) is 10.5. The van der Waals surface area contributed by atoms with Gasteiger partial charge in [0.05, 0.1) is 13.2 Å². The molecule has 1 aliphatic heterocycles. The molecule has 2 heterocycles. The van der Waals surface area contributed by atoms with E-state index in [-0.39, 0.29) is 10.3 Å². The third kappa shape index (κ3) is 6.24. The van der Waals surface area contributed by atoms with Crippen LogP contribution in [0.5, 0.6) is 5.75 Å². The van der Waals surface area contributed by atoms with Gasteiger partial charge in [0.15, 0.2) is 0 Å². The van der Waals surface area contributed by atoms with E-state index in [9.17, 15) is 23.1 Å². The molecule has 1 saturated heterocycles.